The average Bonchev–Trinajstić information content (AvgIpc) is 2.35. The van der Waals surface area contributed by atoms with Crippen molar-refractivity contribution in [2.24, 2.45) is 0 Å². The molecule has 0 aliphatic rings. The summed E-state index contributed by atoms with van der Waals surface area (Å²) >= 11 is 0. The van der Waals surface area contributed by atoms with Crippen molar-refractivity contribution in [3.05, 3.63) is 0 Å². The number of carboxylic acid groups (broad SMARTS) is 1. The van der Waals surface area contributed by atoms with Crippen LogP contribution in [0, 0.1) is 0 Å². The maximum Gasteiger partial charge on any atom is 0.323 e. The minimum absolute atomic E-state index is 0.138. The fraction of sp³-hybridized carbons (Fsp3) is 0.818. The molecule has 0 saturated heterocycles. The number of hydrogen-bond donors (Lipinski definition) is 2. The number of sulfonamides is 1. The smallest absolute Gasteiger partial charge is 0.323 e. The van der Waals surface area contributed by atoms with Gasteiger partial charge in [-0.15, -0.1) is 0 Å². The van der Waals surface area contributed by atoms with E-state index in [4.69, 9.17) is 9.84 Å². The first-order valence-electron chi connectivity index (χ1n) is 6.28. The number of aliphatic carboxylic acids is 1. The molecule has 2 N–H and O–H groups in total. The number of nitrogens with one attached hydrogen (secondary N) is 1. The van der Waals surface area contributed by atoms with Gasteiger partial charge in [-0.2, -0.15) is 0 Å². The molecule has 8 nitrogen and oxygen atoms in total. The van der Waals surface area contributed by atoms with Crippen LogP contribution in [-0.4, -0.2) is 69.4 Å². The third-order valence-corrected chi connectivity index (χ3v) is 3.79. The van der Waals surface area contributed by atoms with Crippen molar-refractivity contribution in [1.82, 2.24) is 9.62 Å². The van der Waals surface area contributed by atoms with Gasteiger partial charge in [0.05, 0.1) is 12.3 Å². The van der Waals surface area contributed by atoms with Crippen LogP contribution >= 0.6 is 0 Å². The van der Waals surface area contributed by atoms with E-state index in [2.05, 4.69) is 4.72 Å². The summed E-state index contributed by atoms with van der Waals surface area (Å²) in [4.78, 5) is 23.5. The van der Waals surface area contributed by atoms with Crippen LogP contribution < -0.4 is 4.72 Å². The van der Waals surface area contributed by atoms with E-state index in [0.29, 0.717) is 19.4 Å². The summed E-state index contributed by atoms with van der Waals surface area (Å²) in [5.41, 5.74) is 0. The molecule has 1 amide bonds. The molecular formula is C11H22N2O6S. The third kappa shape index (κ3) is 8.83. The first-order valence-corrected chi connectivity index (χ1v) is 7.93. The van der Waals surface area contributed by atoms with Crippen LogP contribution in [0.2, 0.25) is 0 Å². The van der Waals surface area contributed by atoms with Gasteiger partial charge in [-0.3, -0.25) is 9.59 Å². The Bertz CT molecular complexity index is 409. The van der Waals surface area contributed by atoms with Gasteiger partial charge in [0.1, 0.15) is 6.54 Å². The summed E-state index contributed by atoms with van der Waals surface area (Å²) < 4.78 is 30.0. The van der Waals surface area contributed by atoms with E-state index in [9.17, 15) is 18.0 Å². The Morgan fingerprint density at radius 3 is 2.50 bits per heavy atom. The van der Waals surface area contributed by atoms with Crippen LogP contribution in [-0.2, 0) is 24.3 Å². The monoisotopic (exact) mass is 310 g/mol. The molecule has 0 aliphatic carbocycles. The lowest BCUT2D eigenvalue weighted by Gasteiger charge is -2.20. The maximum absolute atomic E-state index is 11.8. The summed E-state index contributed by atoms with van der Waals surface area (Å²) in [6.07, 6.45) is 0.924. The molecule has 0 aromatic rings. The molecule has 118 valence electrons. The standard InChI is InChI=1S/C11H22N2O6S/c1-3-5-13(9-11(15)16)10(14)8-12-20(17,18)7-4-6-19-2/h12H,3-9H2,1-2H3,(H,15,16). The predicted octanol–water partition coefficient (Wildman–Crippen LogP) is -0.734. The summed E-state index contributed by atoms with van der Waals surface area (Å²) in [5, 5.41) is 8.68. The second-order valence-electron chi connectivity index (χ2n) is 4.20. The Balaban J connectivity index is 4.32. The molecule has 0 unspecified atom stereocenters. The number of methoxy groups -OCH3 is 1. The van der Waals surface area contributed by atoms with Crippen molar-refractivity contribution in [3.8, 4) is 0 Å². The van der Waals surface area contributed by atoms with E-state index < -0.39 is 35.0 Å². The minimum Gasteiger partial charge on any atom is -0.480 e. The summed E-state index contributed by atoms with van der Waals surface area (Å²) in [7, 11) is -2.08. The Hall–Kier alpha value is -1.19. The van der Waals surface area contributed by atoms with Crippen molar-refractivity contribution in [3.63, 3.8) is 0 Å². The number of ether oxygens (including phenoxy) is 1. The molecule has 0 saturated carbocycles. The minimum atomic E-state index is -3.55. The normalized spacial score (nSPS) is 11.3. The topological polar surface area (TPSA) is 113 Å². The number of rotatable bonds is 11. The zero-order chi connectivity index (χ0) is 15.6. The molecule has 0 spiro atoms. The van der Waals surface area contributed by atoms with Crippen molar-refractivity contribution in [2.45, 2.75) is 19.8 Å². The summed E-state index contributed by atoms with van der Waals surface area (Å²) in [6, 6.07) is 0. The highest BCUT2D eigenvalue weighted by atomic mass is 32.2. The fourth-order valence-electron chi connectivity index (χ4n) is 1.47. The predicted molar refractivity (Wildman–Crippen MR) is 72.8 cm³/mol. The number of carboxylic acids is 1. The van der Waals surface area contributed by atoms with Crippen molar-refractivity contribution < 1.29 is 27.9 Å². The highest BCUT2D eigenvalue weighted by Gasteiger charge is 2.18. The fourth-order valence-corrected chi connectivity index (χ4v) is 2.46. The van der Waals surface area contributed by atoms with E-state index in [1.54, 1.807) is 6.92 Å². The van der Waals surface area contributed by atoms with Crippen LogP contribution in [0.15, 0.2) is 0 Å². The first kappa shape index (κ1) is 18.8. The first-order chi connectivity index (χ1) is 9.32. The molecule has 0 fully saturated rings. The Morgan fingerprint density at radius 1 is 1.35 bits per heavy atom. The van der Waals surface area contributed by atoms with Crippen LogP contribution in [0.3, 0.4) is 0 Å². The number of carbonyl (C=O) groups is 2. The molecule has 9 heteroatoms. The average molecular weight is 310 g/mol. The zero-order valence-corrected chi connectivity index (χ0v) is 12.6. The second kappa shape index (κ2) is 9.67. The molecule has 0 bridgehead atoms. The quantitative estimate of drug-likeness (QED) is 0.486. The van der Waals surface area contributed by atoms with Gasteiger partial charge in [0, 0.05) is 20.3 Å². The lowest BCUT2D eigenvalue weighted by atomic mass is 10.4. The largest absolute Gasteiger partial charge is 0.480 e. The van der Waals surface area contributed by atoms with E-state index in [-0.39, 0.29) is 12.3 Å². The van der Waals surface area contributed by atoms with Crippen LogP contribution in [0.25, 0.3) is 0 Å². The highest BCUT2D eigenvalue weighted by molar-refractivity contribution is 7.89. The van der Waals surface area contributed by atoms with Gasteiger partial charge in [-0.25, -0.2) is 13.1 Å². The molecule has 0 rings (SSSR count). The van der Waals surface area contributed by atoms with Gasteiger partial charge in [-0.1, -0.05) is 6.92 Å². The molecule has 0 aromatic heterocycles. The lowest BCUT2D eigenvalue weighted by Crippen LogP contribution is -2.43. The number of nitrogens with zero attached hydrogens (tertiary/aromatic N) is 1. The lowest BCUT2D eigenvalue weighted by molar-refractivity contribution is -0.144. The van der Waals surface area contributed by atoms with Gasteiger partial charge in [0.2, 0.25) is 15.9 Å². The molecule has 0 atom stereocenters. The molecule has 0 heterocycles. The maximum atomic E-state index is 11.8. The molecular weight excluding hydrogens is 288 g/mol. The van der Waals surface area contributed by atoms with Crippen molar-refractivity contribution in [2.75, 3.05) is 39.1 Å². The van der Waals surface area contributed by atoms with E-state index in [1.807, 2.05) is 0 Å². The van der Waals surface area contributed by atoms with E-state index in [1.165, 1.54) is 7.11 Å². The van der Waals surface area contributed by atoms with E-state index >= 15 is 0 Å². The summed E-state index contributed by atoms with van der Waals surface area (Å²) in [6.45, 7) is 1.53. The number of hydrogen-bond acceptors (Lipinski definition) is 5. The zero-order valence-electron chi connectivity index (χ0n) is 11.8. The van der Waals surface area contributed by atoms with Crippen molar-refractivity contribution >= 4 is 21.9 Å². The van der Waals surface area contributed by atoms with Gasteiger partial charge in [0.25, 0.3) is 0 Å². The van der Waals surface area contributed by atoms with E-state index in [0.717, 1.165) is 4.90 Å². The van der Waals surface area contributed by atoms with Crippen LogP contribution in [0.5, 0.6) is 0 Å². The number of carbonyl (C=O) groups excluding carboxylic acids is 1. The van der Waals surface area contributed by atoms with Gasteiger partial charge in [0.15, 0.2) is 0 Å². The molecule has 0 aromatic carbocycles. The van der Waals surface area contributed by atoms with Gasteiger partial charge in [-0.05, 0) is 12.8 Å². The highest BCUT2D eigenvalue weighted by Crippen LogP contribution is 1.95. The third-order valence-electron chi connectivity index (χ3n) is 2.38. The Labute approximate surface area is 119 Å². The molecule has 20 heavy (non-hydrogen) atoms. The van der Waals surface area contributed by atoms with Crippen LogP contribution in [0.1, 0.15) is 19.8 Å². The number of amides is 1. The summed E-state index contributed by atoms with van der Waals surface area (Å²) in [5.74, 6) is -1.82. The molecule has 0 radical (unpaired) electrons. The Morgan fingerprint density at radius 2 is 2.00 bits per heavy atom. The SMILES string of the molecule is CCCN(CC(=O)O)C(=O)CNS(=O)(=O)CCCOC. The van der Waals surface area contributed by atoms with Crippen molar-refractivity contribution in [1.29, 1.82) is 0 Å². The second-order valence-corrected chi connectivity index (χ2v) is 6.12. The van der Waals surface area contributed by atoms with Crippen LogP contribution in [0.4, 0.5) is 0 Å². The molecule has 0 aliphatic heterocycles. The van der Waals surface area contributed by atoms with Gasteiger partial charge >= 0.3 is 5.97 Å². The Kier molecular flexibility index (Phi) is 9.10. The van der Waals surface area contributed by atoms with Gasteiger partial charge < -0.3 is 14.7 Å².